The number of nitrogens with zero attached hydrogens (tertiary/aromatic N) is 1. The number of hydrogen-bond acceptors (Lipinski definition) is 3. The number of primary amides is 1. The molecule has 3 rings (SSSR count). The number of rotatable bonds is 3. The van der Waals surface area contributed by atoms with Gasteiger partial charge in [-0.25, -0.2) is 4.39 Å². The largest absolute Gasteiger partial charge is 0.367 e. The molecule has 142 valence electrons. The fourth-order valence-corrected chi connectivity index (χ4v) is 3.74. The Labute approximate surface area is 157 Å². The van der Waals surface area contributed by atoms with Gasteiger partial charge in [-0.1, -0.05) is 5.92 Å². The molecule has 0 saturated carbocycles. The lowest BCUT2D eigenvalue weighted by molar-refractivity contribution is -0.116. The summed E-state index contributed by atoms with van der Waals surface area (Å²) >= 11 is 0. The van der Waals surface area contributed by atoms with Crippen LogP contribution >= 0.6 is 0 Å². The van der Waals surface area contributed by atoms with E-state index in [0.29, 0.717) is 29.7 Å². The maximum absolute atomic E-state index is 15.1. The molecular weight excluding hydrogens is 349 g/mol. The van der Waals surface area contributed by atoms with Crippen LogP contribution in [0.2, 0.25) is 0 Å². The summed E-state index contributed by atoms with van der Waals surface area (Å²) in [5.41, 5.74) is 8.32. The number of aryl methyl sites for hydroxylation is 2. The standard InChI is InChI=1S/C20H23FN4O2/c1-4-6-16(26)24-13-7-5-8-25(10-13)19-15(21)9-14(20(22)27)18-17(19)11(2)12(3)23-18/h9,13,23H,5,7-8,10H2,1-3H3,(H2,22,27)(H,24,26)/t13-/m0/s1/i16+2. The van der Waals surface area contributed by atoms with Gasteiger partial charge in [-0.3, -0.25) is 9.59 Å². The summed E-state index contributed by atoms with van der Waals surface area (Å²) in [6, 6.07) is 1.08. The monoisotopic (exact) mass is 372 g/mol. The molecule has 0 spiro atoms. The average molecular weight is 372 g/mol. The van der Waals surface area contributed by atoms with E-state index < -0.39 is 11.7 Å². The third-order valence-electron chi connectivity index (χ3n) is 5.08. The number of anilines is 1. The molecule has 7 heteroatoms. The number of carbonyl (C=O) groups excluding carboxylic acids is 2. The van der Waals surface area contributed by atoms with Crippen molar-refractivity contribution in [1.29, 1.82) is 0 Å². The van der Waals surface area contributed by atoms with E-state index in [1.54, 1.807) is 6.92 Å². The van der Waals surface area contributed by atoms with Crippen LogP contribution in [0.3, 0.4) is 0 Å². The molecule has 1 saturated heterocycles. The van der Waals surface area contributed by atoms with E-state index in [-0.39, 0.29) is 17.5 Å². The molecule has 27 heavy (non-hydrogen) atoms. The minimum absolute atomic E-state index is 0.113. The molecular formula is C20H23FN4O2. The zero-order valence-corrected chi connectivity index (χ0v) is 15.7. The van der Waals surface area contributed by atoms with Crippen LogP contribution in [0.25, 0.3) is 10.9 Å². The van der Waals surface area contributed by atoms with Gasteiger partial charge in [0.2, 0.25) is 0 Å². The molecule has 0 radical (unpaired) electrons. The fourth-order valence-electron chi connectivity index (χ4n) is 3.74. The van der Waals surface area contributed by atoms with E-state index in [2.05, 4.69) is 22.1 Å². The van der Waals surface area contributed by atoms with E-state index in [0.717, 1.165) is 24.1 Å². The van der Waals surface area contributed by atoms with Gasteiger partial charge < -0.3 is 20.9 Å². The summed E-state index contributed by atoms with van der Waals surface area (Å²) in [5.74, 6) is 3.56. The van der Waals surface area contributed by atoms with Gasteiger partial charge in [0.25, 0.3) is 11.8 Å². The van der Waals surface area contributed by atoms with Crippen molar-refractivity contribution >= 4 is 28.4 Å². The molecule has 1 aliphatic rings. The van der Waals surface area contributed by atoms with Crippen LogP contribution in [0, 0.1) is 31.5 Å². The summed E-state index contributed by atoms with van der Waals surface area (Å²) in [6.45, 7) is 6.52. The number of nitrogens with one attached hydrogen (secondary N) is 2. The molecule has 6 nitrogen and oxygen atoms in total. The maximum atomic E-state index is 15.1. The van der Waals surface area contributed by atoms with Crippen LogP contribution in [0.15, 0.2) is 6.07 Å². The van der Waals surface area contributed by atoms with Crippen LogP contribution in [-0.2, 0) is 4.79 Å². The van der Waals surface area contributed by atoms with Crippen molar-refractivity contribution in [2.24, 2.45) is 5.73 Å². The number of hydrogen-bond donors (Lipinski definition) is 3. The first-order chi connectivity index (χ1) is 12.8. The minimum atomic E-state index is -0.673. The van der Waals surface area contributed by atoms with Gasteiger partial charge in [0.15, 0.2) is 0 Å². The van der Waals surface area contributed by atoms with Crippen molar-refractivity contribution in [2.75, 3.05) is 18.0 Å². The second-order valence-corrected chi connectivity index (χ2v) is 6.88. The number of benzene rings is 1. The zero-order chi connectivity index (χ0) is 19.7. The molecule has 1 aromatic heterocycles. The zero-order valence-electron chi connectivity index (χ0n) is 15.7. The number of H-pyrrole nitrogens is 1. The van der Waals surface area contributed by atoms with Gasteiger partial charge in [-0.05, 0) is 51.2 Å². The van der Waals surface area contributed by atoms with Gasteiger partial charge in [-0.15, -0.1) is 0 Å². The average Bonchev–Trinajstić information content (AvgIpc) is 2.90. The Morgan fingerprint density at radius 1 is 1.48 bits per heavy atom. The Morgan fingerprint density at radius 2 is 2.22 bits per heavy atom. The number of amides is 2. The van der Waals surface area contributed by atoms with Gasteiger partial charge in [0, 0.05) is 30.2 Å². The summed E-state index contributed by atoms with van der Waals surface area (Å²) in [5, 5.41) is 3.55. The highest BCUT2D eigenvalue weighted by molar-refractivity contribution is 6.10. The molecule has 1 aromatic carbocycles. The number of carbonyl (C=O) groups is 2. The summed E-state index contributed by atoms with van der Waals surface area (Å²) in [6.07, 6.45) is 1.62. The predicted molar refractivity (Wildman–Crippen MR) is 103 cm³/mol. The molecule has 1 fully saturated rings. The summed E-state index contributed by atoms with van der Waals surface area (Å²) < 4.78 is 15.1. The van der Waals surface area contributed by atoms with Gasteiger partial charge >= 0.3 is 0 Å². The Bertz CT molecular complexity index is 983. The van der Waals surface area contributed by atoms with Crippen LogP contribution in [0.4, 0.5) is 10.1 Å². The van der Waals surface area contributed by atoms with Crippen LogP contribution in [0.5, 0.6) is 0 Å². The topological polar surface area (TPSA) is 91.2 Å². The quantitative estimate of drug-likeness (QED) is 0.721. The molecule has 1 aliphatic heterocycles. The van der Waals surface area contributed by atoms with E-state index in [1.807, 2.05) is 18.7 Å². The Morgan fingerprint density at radius 3 is 2.89 bits per heavy atom. The van der Waals surface area contributed by atoms with Crippen molar-refractivity contribution in [3.05, 3.63) is 28.7 Å². The Hall–Kier alpha value is -3.01. The van der Waals surface area contributed by atoms with Crippen LogP contribution in [-0.4, -0.2) is 35.9 Å². The summed E-state index contributed by atoms with van der Waals surface area (Å²) in [4.78, 5) is 28.6. The second-order valence-electron chi connectivity index (χ2n) is 6.88. The normalized spacial score (nSPS) is 16.7. The van der Waals surface area contributed by atoms with Crippen molar-refractivity contribution in [3.63, 3.8) is 0 Å². The molecule has 1 atom stereocenters. The Balaban J connectivity index is 2.04. The van der Waals surface area contributed by atoms with Crippen molar-refractivity contribution in [3.8, 4) is 11.8 Å². The van der Waals surface area contributed by atoms with E-state index >= 15 is 4.39 Å². The second kappa shape index (κ2) is 7.31. The molecule has 2 heterocycles. The highest BCUT2D eigenvalue weighted by Crippen LogP contribution is 2.37. The van der Waals surface area contributed by atoms with Crippen LogP contribution in [0.1, 0.15) is 41.4 Å². The van der Waals surface area contributed by atoms with Crippen molar-refractivity contribution in [2.45, 2.75) is 39.7 Å². The SMILES string of the molecule is CC#C[14C](=O)N[C@H]1CCCN(c2c(F)cc(C(N)=O)c3[nH]c(C)c(C)c23)C1. The maximum Gasteiger partial charge on any atom is 0.296 e. The van der Waals surface area contributed by atoms with Crippen LogP contribution < -0.4 is 16.0 Å². The molecule has 2 amide bonds. The lowest BCUT2D eigenvalue weighted by atomic mass is 10.0. The Kier molecular flexibility index (Phi) is 5.08. The van der Waals surface area contributed by atoms with E-state index in [9.17, 15) is 9.59 Å². The first-order valence-electron chi connectivity index (χ1n) is 8.92. The first kappa shape index (κ1) is 18.8. The lowest BCUT2D eigenvalue weighted by Crippen LogP contribution is -2.47. The highest BCUT2D eigenvalue weighted by atomic mass is 19.1. The first-order valence-corrected chi connectivity index (χ1v) is 8.92. The predicted octanol–water partition coefficient (Wildman–Crippen LogP) is 2.13. The number of aromatic nitrogens is 1. The minimum Gasteiger partial charge on any atom is -0.367 e. The van der Waals surface area contributed by atoms with E-state index in [1.165, 1.54) is 6.07 Å². The van der Waals surface area contributed by atoms with Gasteiger partial charge in [-0.2, -0.15) is 0 Å². The van der Waals surface area contributed by atoms with Crippen molar-refractivity contribution in [1.82, 2.24) is 10.3 Å². The third kappa shape index (κ3) is 3.47. The van der Waals surface area contributed by atoms with E-state index in [4.69, 9.17) is 5.73 Å². The third-order valence-corrected chi connectivity index (χ3v) is 5.08. The fraction of sp³-hybridized carbons (Fsp3) is 0.400. The smallest absolute Gasteiger partial charge is 0.296 e. The van der Waals surface area contributed by atoms with Gasteiger partial charge in [0.1, 0.15) is 5.82 Å². The van der Waals surface area contributed by atoms with Crippen molar-refractivity contribution < 1.29 is 14.0 Å². The highest BCUT2D eigenvalue weighted by Gasteiger charge is 2.28. The number of nitrogens with two attached hydrogens (primary N) is 1. The molecule has 0 bridgehead atoms. The number of piperidine rings is 1. The summed E-state index contributed by atoms with van der Waals surface area (Å²) in [7, 11) is 0. The number of aromatic amines is 1. The lowest BCUT2D eigenvalue weighted by Gasteiger charge is -2.35. The molecule has 0 aliphatic carbocycles. The molecule has 0 unspecified atom stereocenters. The molecule has 4 N–H and O–H groups in total. The molecule has 2 aromatic rings. The van der Waals surface area contributed by atoms with Gasteiger partial charge in [0.05, 0.1) is 16.8 Å². The number of halogens is 1. The number of fused-ring (bicyclic) bond motifs is 1.